The van der Waals surface area contributed by atoms with Crippen LogP contribution in [0.15, 0.2) is 84.9 Å². The molecule has 3 rings (SSSR count). The first-order valence-corrected chi connectivity index (χ1v) is 9.02. The van der Waals surface area contributed by atoms with Crippen LogP contribution in [0.25, 0.3) is 0 Å². The molecule has 0 spiro atoms. The standard InChI is InChI=1S/C24H22N2O/c1-2-26(23-14-7-4-8-15-23)24(27)19-25-22-13-9-12-21(18-22)17-16-20-10-5-3-6-11-20/h3-15,18,25H,2,19H2,1H3. The van der Waals surface area contributed by atoms with Crippen LogP contribution in [0.4, 0.5) is 11.4 Å². The van der Waals surface area contributed by atoms with Gasteiger partial charge in [0.15, 0.2) is 0 Å². The topological polar surface area (TPSA) is 32.3 Å². The van der Waals surface area contributed by atoms with Crippen LogP contribution in [-0.4, -0.2) is 19.0 Å². The van der Waals surface area contributed by atoms with Crippen molar-refractivity contribution in [2.45, 2.75) is 6.92 Å². The Hall–Kier alpha value is -3.51. The van der Waals surface area contributed by atoms with E-state index in [0.717, 1.165) is 22.5 Å². The van der Waals surface area contributed by atoms with E-state index in [-0.39, 0.29) is 12.5 Å². The normalized spacial score (nSPS) is 9.81. The van der Waals surface area contributed by atoms with Crippen molar-refractivity contribution < 1.29 is 4.79 Å². The SMILES string of the molecule is CCN(C(=O)CNc1cccc(C#Cc2ccccc2)c1)c1ccccc1. The zero-order valence-electron chi connectivity index (χ0n) is 15.4. The first-order valence-electron chi connectivity index (χ1n) is 9.02. The van der Waals surface area contributed by atoms with Gasteiger partial charge in [-0.15, -0.1) is 0 Å². The van der Waals surface area contributed by atoms with Crippen LogP contribution in [0.2, 0.25) is 0 Å². The smallest absolute Gasteiger partial charge is 0.246 e. The summed E-state index contributed by atoms with van der Waals surface area (Å²) in [7, 11) is 0. The molecule has 0 atom stereocenters. The molecule has 3 heteroatoms. The third-order valence-corrected chi connectivity index (χ3v) is 4.12. The third-order valence-electron chi connectivity index (χ3n) is 4.12. The molecule has 0 saturated heterocycles. The van der Waals surface area contributed by atoms with Crippen molar-refractivity contribution in [1.29, 1.82) is 0 Å². The van der Waals surface area contributed by atoms with E-state index in [9.17, 15) is 4.79 Å². The lowest BCUT2D eigenvalue weighted by Crippen LogP contribution is -2.35. The molecular weight excluding hydrogens is 332 g/mol. The van der Waals surface area contributed by atoms with Gasteiger partial charge in [0.05, 0.1) is 6.54 Å². The van der Waals surface area contributed by atoms with Crippen LogP contribution in [0.5, 0.6) is 0 Å². The summed E-state index contributed by atoms with van der Waals surface area (Å²) in [5.74, 6) is 6.34. The molecule has 0 fully saturated rings. The fourth-order valence-electron chi connectivity index (χ4n) is 2.76. The van der Waals surface area contributed by atoms with E-state index in [1.165, 1.54) is 0 Å². The zero-order chi connectivity index (χ0) is 18.9. The molecule has 134 valence electrons. The Kier molecular flexibility index (Phi) is 6.27. The Bertz CT molecular complexity index is 940. The second-order valence-corrected chi connectivity index (χ2v) is 6.02. The van der Waals surface area contributed by atoms with E-state index in [4.69, 9.17) is 0 Å². The molecule has 0 aliphatic carbocycles. The number of carbonyl (C=O) groups excluding carboxylic acids is 1. The van der Waals surface area contributed by atoms with Gasteiger partial charge in [0.2, 0.25) is 5.91 Å². The molecule has 0 unspecified atom stereocenters. The van der Waals surface area contributed by atoms with E-state index in [1.807, 2.05) is 91.9 Å². The summed E-state index contributed by atoms with van der Waals surface area (Å²) in [5.41, 5.74) is 3.68. The Balaban J connectivity index is 1.64. The van der Waals surface area contributed by atoms with Gasteiger partial charge in [-0.2, -0.15) is 0 Å². The number of carbonyl (C=O) groups is 1. The first-order chi connectivity index (χ1) is 13.3. The quantitative estimate of drug-likeness (QED) is 0.682. The average molecular weight is 354 g/mol. The third kappa shape index (κ3) is 5.23. The van der Waals surface area contributed by atoms with Gasteiger partial charge < -0.3 is 10.2 Å². The van der Waals surface area contributed by atoms with Crippen molar-refractivity contribution in [1.82, 2.24) is 0 Å². The van der Waals surface area contributed by atoms with Crippen molar-refractivity contribution in [3.63, 3.8) is 0 Å². The predicted octanol–water partition coefficient (Wildman–Crippen LogP) is 4.55. The Morgan fingerprint density at radius 2 is 1.48 bits per heavy atom. The molecule has 0 aliphatic rings. The van der Waals surface area contributed by atoms with Gasteiger partial charge in [-0.3, -0.25) is 4.79 Å². The van der Waals surface area contributed by atoms with Gasteiger partial charge in [0.25, 0.3) is 0 Å². The van der Waals surface area contributed by atoms with Crippen LogP contribution >= 0.6 is 0 Å². The number of para-hydroxylation sites is 1. The summed E-state index contributed by atoms with van der Waals surface area (Å²) < 4.78 is 0. The lowest BCUT2D eigenvalue weighted by Gasteiger charge is -2.21. The molecule has 0 radical (unpaired) electrons. The van der Waals surface area contributed by atoms with E-state index >= 15 is 0 Å². The number of hydrogen-bond acceptors (Lipinski definition) is 2. The van der Waals surface area contributed by atoms with Crippen LogP contribution in [0.3, 0.4) is 0 Å². The van der Waals surface area contributed by atoms with Gasteiger partial charge in [-0.05, 0) is 49.4 Å². The van der Waals surface area contributed by atoms with Crippen molar-refractivity contribution in [2.24, 2.45) is 0 Å². The summed E-state index contributed by atoms with van der Waals surface area (Å²) in [5, 5.41) is 3.21. The molecule has 1 N–H and O–H groups in total. The first kappa shape index (κ1) is 18.3. The number of nitrogens with zero attached hydrogens (tertiary/aromatic N) is 1. The predicted molar refractivity (Wildman–Crippen MR) is 112 cm³/mol. The molecule has 3 aromatic rings. The van der Waals surface area contributed by atoms with E-state index in [1.54, 1.807) is 4.90 Å². The number of benzene rings is 3. The molecule has 0 bridgehead atoms. The molecule has 27 heavy (non-hydrogen) atoms. The summed E-state index contributed by atoms with van der Waals surface area (Å²) in [6, 6.07) is 27.4. The zero-order valence-corrected chi connectivity index (χ0v) is 15.4. The molecule has 0 saturated carbocycles. The summed E-state index contributed by atoms with van der Waals surface area (Å²) >= 11 is 0. The number of hydrogen-bond donors (Lipinski definition) is 1. The van der Waals surface area contributed by atoms with Gasteiger partial charge in [0.1, 0.15) is 0 Å². The maximum absolute atomic E-state index is 12.6. The summed E-state index contributed by atoms with van der Waals surface area (Å²) in [6.45, 7) is 2.84. The van der Waals surface area contributed by atoms with Crippen LogP contribution in [-0.2, 0) is 4.79 Å². The van der Waals surface area contributed by atoms with Crippen LogP contribution in [0, 0.1) is 11.8 Å². The monoisotopic (exact) mass is 354 g/mol. The van der Waals surface area contributed by atoms with Crippen molar-refractivity contribution in [3.05, 3.63) is 96.1 Å². The van der Waals surface area contributed by atoms with Crippen molar-refractivity contribution in [3.8, 4) is 11.8 Å². The van der Waals surface area contributed by atoms with Gasteiger partial charge in [-0.1, -0.05) is 54.3 Å². The molecule has 0 heterocycles. The lowest BCUT2D eigenvalue weighted by molar-refractivity contribution is -0.116. The largest absolute Gasteiger partial charge is 0.376 e. The fraction of sp³-hybridized carbons (Fsp3) is 0.125. The summed E-state index contributed by atoms with van der Waals surface area (Å²) in [6.07, 6.45) is 0. The molecule has 3 aromatic carbocycles. The number of rotatable bonds is 5. The van der Waals surface area contributed by atoms with E-state index in [2.05, 4.69) is 17.2 Å². The van der Waals surface area contributed by atoms with Crippen LogP contribution < -0.4 is 10.2 Å². The second-order valence-electron chi connectivity index (χ2n) is 6.02. The molecular formula is C24H22N2O. The highest BCUT2D eigenvalue weighted by atomic mass is 16.2. The maximum Gasteiger partial charge on any atom is 0.246 e. The number of nitrogens with one attached hydrogen (secondary N) is 1. The fourth-order valence-corrected chi connectivity index (χ4v) is 2.76. The van der Waals surface area contributed by atoms with Gasteiger partial charge >= 0.3 is 0 Å². The Morgan fingerprint density at radius 3 is 2.19 bits per heavy atom. The van der Waals surface area contributed by atoms with Crippen molar-refractivity contribution in [2.75, 3.05) is 23.3 Å². The average Bonchev–Trinajstić information content (AvgIpc) is 2.73. The van der Waals surface area contributed by atoms with E-state index < -0.39 is 0 Å². The van der Waals surface area contributed by atoms with Gasteiger partial charge in [-0.25, -0.2) is 0 Å². The number of amides is 1. The molecule has 1 amide bonds. The van der Waals surface area contributed by atoms with Gasteiger partial charge in [0, 0.05) is 29.0 Å². The number of likely N-dealkylation sites (N-methyl/N-ethyl adjacent to an activating group) is 1. The molecule has 0 aromatic heterocycles. The highest BCUT2D eigenvalue weighted by Crippen LogP contribution is 2.14. The maximum atomic E-state index is 12.6. The Morgan fingerprint density at radius 1 is 0.852 bits per heavy atom. The minimum Gasteiger partial charge on any atom is -0.376 e. The second kappa shape index (κ2) is 9.26. The molecule has 0 aliphatic heterocycles. The molecule has 3 nitrogen and oxygen atoms in total. The number of anilines is 2. The lowest BCUT2D eigenvalue weighted by atomic mass is 10.1. The minimum atomic E-state index is 0.0319. The summed E-state index contributed by atoms with van der Waals surface area (Å²) in [4.78, 5) is 14.3. The van der Waals surface area contributed by atoms with E-state index in [0.29, 0.717) is 6.54 Å². The Labute approximate surface area is 160 Å². The van der Waals surface area contributed by atoms with Crippen molar-refractivity contribution >= 4 is 17.3 Å². The van der Waals surface area contributed by atoms with Crippen LogP contribution in [0.1, 0.15) is 18.1 Å². The minimum absolute atomic E-state index is 0.0319. The highest BCUT2D eigenvalue weighted by molar-refractivity contribution is 5.96. The highest BCUT2D eigenvalue weighted by Gasteiger charge is 2.13.